The van der Waals surface area contributed by atoms with Crippen molar-refractivity contribution < 1.29 is 69.4 Å². The standard InChI is InChI=1S/C25H30N2O4.C25H28N2O4.B.Na.H/c2*1-17(2)30-22-7-6-19(13-18(22)3)24(29)27-11-8-25(9-12-27)15-21(28)14-23(31-25)20-5-4-10-26-16-20;;;/h4-7,10,13-14,16-17,21,28H,8-9,11-12,15H2,1-3H3;4-7,10,13-14,16-17H,8-9,11-12,15H2,1-3H3;;;/q;;;+1;-1. The number of hydrogen-bond acceptors (Lipinski definition) is 10. The molecule has 2 aromatic carbocycles. The molecule has 1 N–H and O–H groups in total. The predicted octanol–water partition coefficient (Wildman–Crippen LogP) is 4.89. The van der Waals surface area contributed by atoms with E-state index >= 15 is 0 Å². The normalized spacial score (nSPS) is 18.6. The molecular formula is C50H59BN4NaO8. The molecule has 14 heteroatoms. The minimum Gasteiger partial charge on any atom is -1.00 e. The van der Waals surface area contributed by atoms with Crippen LogP contribution in [0.5, 0.6) is 11.5 Å². The van der Waals surface area contributed by atoms with E-state index in [1.54, 1.807) is 36.9 Å². The van der Waals surface area contributed by atoms with E-state index in [1.165, 1.54) is 0 Å². The molecule has 6 heterocycles. The second-order valence-electron chi connectivity index (χ2n) is 17.4. The van der Waals surface area contributed by atoms with Gasteiger partial charge in [-0.25, -0.2) is 0 Å². The van der Waals surface area contributed by atoms with Crippen LogP contribution in [0.25, 0.3) is 11.5 Å². The maximum absolute atomic E-state index is 13.1. The van der Waals surface area contributed by atoms with Gasteiger partial charge in [0.25, 0.3) is 11.8 Å². The van der Waals surface area contributed by atoms with Crippen LogP contribution in [-0.2, 0) is 14.3 Å². The quantitative estimate of drug-likeness (QED) is 0.244. The molecule has 4 aliphatic rings. The molecule has 4 aliphatic heterocycles. The summed E-state index contributed by atoms with van der Waals surface area (Å²) in [7, 11) is 0. The summed E-state index contributed by atoms with van der Waals surface area (Å²) in [6.07, 6.45) is 13.3. The molecule has 331 valence electrons. The fraction of sp³-hybridized carbons (Fsp3) is 0.420. The second kappa shape index (κ2) is 21.8. The van der Waals surface area contributed by atoms with Crippen molar-refractivity contribution in [3.8, 4) is 11.5 Å². The van der Waals surface area contributed by atoms with Crippen molar-refractivity contribution in [2.75, 3.05) is 26.2 Å². The number of rotatable bonds is 8. The summed E-state index contributed by atoms with van der Waals surface area (Å²) < 4.78 is 24.3. The van der Waals surface area contributed by atoms with Crippen molar-refractivity contribution in [2.24, 2.45) is 0 Å². The Kier molecular flexibility index (Phi) is 17.1. The minimum atomic E-state index is -0.567. The van der Waals surface area contributed by atoms with E-state index in [0.717, 1.165) is 33.8 Å². The fourth-order valence-corrected chi connectivity index (χ4v) is 8.57. The molecule has 64 heavy (non-hydrogen) atoms. The molecule has 2 aromatic heterocycles. The SMILES string of the molecule is Cc1cc(C(=O)N2CCC3(CC2)CC(=O)C=C(c2cccnc2)O3)ccc1OC(C)C.Cc1cc(C(=O)N2CCC3(CC2)CC(O)C=C(c2cccnc2)O3)ccc1OC(C)C.[B].[H-].[Na+]. The summed E-state index contributed by atoms with van der Waals surface area (Å²) in [6.45, 7) is 14.1. The average Bonchev–Trinajstić information content (AvgIpc) is 3.25. The molecule has 2 fully saturated rings. The Balaban J connectivity index is 0.000000272. The van der Waals surface area contributed by atoms with Gasteiger partial charge in [-0.3, -0.25) is 24.4 Å². The number of benzene rings is 2. The fourth-order valence-electron chi connectivity index (χ4n) is 8.57. The van der Waals surface area contributed by atoms with Gasteiger partial charge in [-0.05, 0) is 119 Å². The van der Waals surface area contributed by atoms with Gasteiger partial charge in [0.1, 0.15) is 34.2 Å². The summed E-state index contributed by atoms with van der Waals surface area (Å²) in [4.78, 5) is 50.6. The van der Waals surface area contributed by atoms with Gasteiger partial charge in [-0.2, -0.15) is 0 Å². The number of ketones is 1. The molecule has 0 bridgehead atoms. The molecular weight excluding hydrogens is 818 g/mol. The van der Waals surface area contributed by atoms with Gasteiger partial charge in [0, 0.05) is 120 Å². The van der Waals surface area contributed by atoms with Crippen molar-refractivity contribution in [3.63, 3.8) is 0 Å². The van der Waals surface area contributed by atoms with E-state index in [-0.39, 0.29) is 69.2 Å². The summed E-state index contributed by atoms with van der Waals surface area (Å²) >= 11 is 0. The van der Waals surface area contributed by atoms with E-state index in [1.807, 2.05) is 112 Å². The molecule has 0 aliphatic carbocycles. The molecule has 4 aromatic rings. The molecule has 12 nitrogen and oxygen atoms in total. The zero-order valence-corrected chi connectivity index (χ0v) is 40.2. The van der Waals surface area contributed by atoms with Crippen LogP contribution in [0.4, 0.5) is 0 Å². The Morgan fingerprint density at radius 3 is 1.62 bits per heavy atom. The van der Waals surface area contributed by atoms with Crippen molar-refractivity contribution >= 4 is 37.5 Å². The van der Waals surface area contributed by atoms with Crippen LogP contribution in [0.2, 0.25) is 0 Å². The number of amides is 2. The Morgan fingerprint density at radius 1 is 0.734 bits per heavy atom. The number of nitrogens with zero attached hydrogens (tertiary/aromatic N) is 4. The number of aryl methyl sites for hydroxylation is 2. The number of likely N-dealkylation sites (tertiary alicyclic amines) is 2. The Labute approximate surface area is 402 Å². The molecule has 8 rings (SSSR count). The van der Waals surface area contributed by atoms with Crippen LogP contribution < -0.4 is 39.0 Å². The van der Waals surface area contributed by atoms with Crippen molar-refractivity contribution in [2.45, 2.75) is 110 Å². The zero-order chi connectivity index (χ0) is 44.0. The van der Waals surface area contributed by atoms with Gasteiger partial charge >= 0.3 is 29.6 Å². The van der Waals surface area contributed by atoms with Crippen LogP contribution in [0.3, 0.4) is 0 Å². The van der Waals surface area contributed by atoms with Crippen LogP contribution in [0, 0.1) is 13.8 Å². The number of aliphatic hydroxyl groups is 1. The van der Waals surface area contributed by atoms with E-state index in [2.05, 4.69) is 9.97 Å². The minimum absolute atomic E-state index is 0. The number of piperidine rings is 2. The third kappa shape index (κ3) is 12.2. The first kappa shape index (κ1) is 50.1. The van der Waals surface area contributed by atoms with Gasteiger partial charge in [0.15, 0.2) is 5.78 Å². The van der Waals surface area contributed by atoms with Crippen molar-refractivity contribution in [1.82, 2.24) is 19.8 Å². The Bertz CT molecular complexity index is 2310. The van der Waals surface area contributed by atoms with Crippen LogP contribution >= 0.6 is 0 Å². The monoisotopic (exact) mass is 877 g/mol. The first-order valence-electron chi connectivity index (χ1n) is 21.7. The van der Waals surface area contributed by atoms with Crippen molar-refractivity contribution in [3.05, 3.63) is 131 Å². The summed E-state index contributed by atoms with van der Waals surface area (Å²) in [5, 5.41) is 10.5. The zero-order valence-electron chi connectivity index (χ0n) is 39.2. The summed E-state index contributed by atoms with van der Waals surface area (Å²) in [5.41, 5.74) is 3.87. The van der Waals surface area contributed by atoms with Gasteiger partial charge in [0.2, 0.25) is 0 Å². The van der Waals surface area contributed by atoms with Gasteiger partial charge in [0.05, 0.1) is 24.7 Å². The number of aliphatic hydroxyl groups excluding tert-OH is 1. The average molecular weight is 878 g/mol. The molecule has 2 saturated heterocycles. The van der Waals surface area contributed by atoms with Crippen molar-refractivity contribution in [1.29, 1.82) is 0 Å². The van der Waals surface area contributed by atoms with Gasteiger partial charge in [-0.15, -0.1) is 0 Å². The van der Waals surface area contributed by atoms with Gasteiger partial charge in [-0.1, -0.05) is 0 Å². The number of carbonyl (C=O) groups excluding carboxylic acids is 3. The van der Waals surface area contributed by atoms with Gasteiger partial charge < -0.3 is 35.3 Å². The van der Waals surface area contributed by atoms with E-state index < -0.39 is 17.3 Å². The number of hydrogen-bond donors (Lipinski definition) is 1. The van der Waals surface area contributed by atoms with E-state index in [0.29, 0.717) is 87.3 Å². The maximum Gasteiger partial charge on any atom is 1.00 e. The third-order valence-electron chi connectivity index (χ3n) is 11.8. The molecule has 1 unspecified atom stereocenters. The second-order valence-corrected chi connectivity index (χ2v) is 17.4. The summed E-state index contributed by atoms with van der Waals surface area (Å²) in [6, 6.07) is 18.7. The Morgan fingerprint density at radius 2 is 1.19 bits per heavy atom. The number of carbonyl (C=O) groups is 3. The third-order valence-corrected chi connectivity index (χ3v) is 11.8. The first-order chi connectivity index (χ1) is 29.7. The van der Waals surface area contributed by atoms with Crippen LogP contribution in [0.1, 0.15) is 111 Å². The number of aromatic nitrogens is 2. The Hall–Kier alpha value is -4.95. The molecule has 3 radical (unpaired) electrons. The smallest absolute Gasteiger partial charge is 1.00 e. The molecule has 1 atom stereocenters. The first-order valence-corrected chi connectivity index (χ1v) is 21.7. The topological polar surface area (TPSA) is 141 Å². The number of allylic oxidation sites excluding steroid dienone is 1. The summed E-state index contributed by atoms with van der Waals surface area (Å²) in [5.74, 6) is 2.92. The maximum atomic E-state index is 13.1. The van der Waals surface area contributed by atoms with Crippen LogP contribution in [0.15, 0.2) is 97.6 Å². The molecule has 0 saturated carbocycles. The number of ether oxygens (including phenoxy) is 4. The van der Waals surface area contributed by atoms with Crippen LogP contribution in [-0.4, -0.2) is 107 Å². The molecule has 2 amide bonds. The largest absolute Gasteiger partial charge is 1.00 e. The van der Waals surface area contributed by atoms with E-state index in [9.17, 15) is 19.5 Å². The molecule has 2 spiro atoms. The predicted molar refractivity (Wildman–Crippen MR) is 243 cm³/mol. The number of pyridine rings is 2. The van der Waals surface area contributed by atoms with E-state index in [4.69, 9.17) is 18.9 Å².